The molecule has 7 nitrogen and oxygen atoms in total. The van der Waals surface area contributed by atoms with Gasteiger partial charge in [0.1, 0.15) is 17.4 Å². The van der Waals surface area contributed by atoms with Crippen molar-refractivity contribution in [3.8, 4) is 5.75 Å². The second kappa shape index (κ2) is 10.6. The van der Waals surface area contributed by atoms with E-state index in [1.165, 1.54) is 12.1 Å². The lowest BCUT2D eigenvalue weighted by Gasteiger charge is -2.40. The molecule has 3 atom stereocenters. The lowest BCUT2D eigenvalue weighted by molar-refractivity contribution is 0.0923. The van der Waals surface area contributed by atoms with Gasteiger partial charge in [0.05, 0.1) is 12.7 Å². The van der Waals surface area contributed by atoms with Gasteiger partial charge in [-0.1, -0.05) is 18.2 Å². The van der Waals surface area contributed by atoms with Gasteiger partial charge in [0.15, 0.2) is 0 Å². The second-order valence-electron chi connectivity index (χ2n) is 9.78. The number of carbonyl (C=O) groups is 2. The molecule has 2 aromatic carbocycles. The van der Waals surface area contributed by atoms with E-state index in [-0.39, 0.29) is 23.7 Å². The molecule has 3 aromatic rings. The van der Waals surface area contributed by atoms with Crippen molar-refractivity contribution in [1.29, 1.82) is 0 Å². The highest BCUT2D eigenvalue weighted by Crippen LogP contribution is 2.38. The summed E-state index contributed by atoms with van der Waals surface area (Å²) in [6.45, 7) is 2.22. The predicted octanol–water partition coefficient (Wildman–Crippen LogP) is 4.40. The molecule has 1 unspecified atom stereocenters. The zero-order valence-corrected chi connectivity index (χ0v) is 21.0. The van der Waals surface area contributed by atoms with Crippen molar-refractivity contribution in [3.05, 3.63) is 88.9 Å². The minimum atomic E-state index is -0.304. The van der Waals surface area contributed by atoms with Crippen LogP contribution in [0.25, 0.3) is 0 Å². The standard InChI is InChI=1S/C29H31FN4O3/c1-18-25(4-3-5-26(18)37-2)29(36)33-22-14-23-11-12-24(15-22)34(23)27-13-8-20(17-31-27)28(35)32-16-19-6-9-21(30)10-7-19/h3-10,13,17,22-24H,11-12,14-16H2,1-2H3,(H,32,35)(H,33,36)/t22?,23-,24+. The molecule has 3 heterocycles. The Hall–Kier alpha value is -3.94. The summed E-state index contributed by atoms with van der Waals surface area (Å²) in [6, 6.07) is 16.0. The fourth-order valence-electron chi connectivity index (χ4n) is 5.57. The largest absolute Gasteiger partial charge is 0.496 e. The molecule has 2 bridgehead atoms. The van der Waals surface area contributed by atoms with Gasteiger partial charge in [-0.25, -0.2) is 9.37 Å². The van der Waals surface area contributed by atoms with Gasteiger partial charge in [-0.3, -0.25) is 9.59 Å². The number of methoxy groups -OCH3 is 1. The number of nitrogens with zero attached hydrogens (tertiary/aromatic N) is 2. The van der Waals surface area contributed by atoms with E-state index in [4.69, 9.17) is 4.74 Å². The summed E-state index contributed by atoms with van der Waals surface area (Å²) < 4.78 is 18.4. The zero-order valence-electron chi connectivity index (χ0n) is 21.0. The van der Waals surface area contributed by atoms with Crippen molar-refractivity contribution in [1.82, 2.24) is 15.6 Å². The number of nitrogens with one attached hydrogen (secondary N) is 2. The molecule has 37 heavy (non-hydrogen) atoms. The van der Waals surface area contributed by atoms with Crippen molar-refractivity contribution in [2.45, 2.75) is 57.3 Å². The van der Waals surface area contributed by atoms with Crippen molar-refractivity contribution in [2.24, 2.45) is 0 Å². The quantitative estimate of drug-likeness (QED) is 0.501. The highest BCUT2D eigenvalue weighted by molar-refractivity contribution is 5.96. The number of fused-ring (bicyclic) bond motifs is 2. The highest BCUT2D eigenvalue weighted by atomic mass is 19.1. The minimum Gasteiger partial charge on any atom is -0.496 e. The van der Waals surface area contributed by atoms with Gasteiger partial charge in [0.2, 0.25) is 0 Å². The maximum absolute atomic E-state index is 13.1. The molecule has 0 saturated carbocycles. The summed E-state index contributed by atoms with van der Waals surface area (Å²) in [6.07, 6.45) is 5.42. The van der Waals surface area contributed by atoms with Crippen molar-refractivity contribution >= 4 is 17.6 Å². The Morgan fingerprint density at radius 2 is 1.76 bits per heavy atom. The van der Waals surface area contributed by atoms with E-state index >= 15 is 0 Å². The number of hydrogen-bond acceptors (Lipinski definition) is 5. The molecular formula is C29H31FN4O3. The molecule has 2 aliphatic rings. The molecule has 8 heteroatoms. The summed E-state index contributed by atoms with van der Waals surface area (Å²) in [5.74, 6) is 0.975. The van der Waals surface area contributed by atoms with Gasteiger partial charge in [-0.2, -0.15) is 0 Å². The molecule has 2 N–H and O–H groups in total. The number of anilines is 1. The third-order valence-corrected chi connectivity index (χ3v) is 7.46. The van der Waals surface area contributed by atoms with Crippen LogP contribution in [0.3, 0.4) is 0 Å². The number of pyridine rings is 1. The Balaban J connectivity index is 1.19. The van der Waals surface area contributed by atoms with Crippen LogP contribution >= 0.6 is 0 Å². The van der Waals surface area contributed by atoms with E-state index in [1.807, 2.05) is 31.2 Å². The van der Waals surface area contributed by atoms with Crippen LogP contribution in [0.5, 0.6) is 5.75 Å². The number of rotatable bonds is 7. The smallest absolute Gasteiger partial charge is 0.253 e. The van der Waals surface area contributed by atoms with Crippen LogP contribution in [0.15, 0.2) is 60.8 Å². The highest BCUT2D eigenvalue weighted by Gasteiger charge is 2.42. The summed E-state index contributed by atoms with van der Waals surface area (Å²) in [4.78, 5) is 32.5. The monoisotopic (exact) mass is 502 g/mol. The number of aromatic nitrogens is 1. The van der Waals surface area contributed by atoms with Crippen LogP contribution in [0.2, 0.25) is 0 Å². The van der Waals surface area contributed by atoms with Crippen molar-refractivity contribution < 1.29 is 18.7 Å². The predicted molar refractivity (Wildman–Crippen MR) is 139 cm³/mol. The Morgan fingerprint density at radius 3 is 2.41 bits per heavy atom. The summed E-state index contributed by atoms with van der Waals surface area (Å²) in [5, 5.41) is 6.09. The number of amides is 2. The molecule has 5 rings (SSSR count). The first kappa shape index (κ1) is 24.7. The normalized spacial score (nSPS) is 20.4. The molecule has 0 aliphatic carbocycles. The maximum Gasteiger partial charge on any atom is 0.253 e. The summed E-state index contributed by atoms with van der Waals surface area (Å²) >= 11 is 0. The van der Waals surface area contributed by atoms with Crippen LogP contribution in [0.1, 0.15) is 57.5 Å². The topological polar surface area (TPSA) is 83.6 Å². The molecule has 0 radical (unpaired) electrons. The second-order valence-corrected chi connectivity index (χ2v) is 9.78. The van der Waals surface area contributed by atoms with Crippen molar-refractivity contribution in [3.63, 3.8) is 0 Å². The molecular weight excluding hydrogens is 471 g/mol. The van der Waals surface area contributed by atoms with Crippen LogP contribution in [-0.2, 0) is 6.54 Å². The Bertz CT molecular complexity index is 1270. The van der Waals surface area contributed by atoms with E-state index in [1.54, 1.807) is 31.5 Å². The summed E-state index contributed by atoms with van der Waals surface area (Å²) in [5.41, 5.74) is 2.79. The van der Waals surface area contributed by atoms with E-state index < -0.39 is 0 Å². The number of carbonyl (C=O) groups excluding carboxylic acids is 2. The zero-order chi connectivity index (χ0) is 25.9. The molecule has 2 amide bonds. The fourth-order valence-corrected chi connectivity index (χ4v) is 5.57. The van der Waals surface area contributed by atoms with Crippen LogP contribution in [-0.4, -0.2) is 42.0 Å². The van der Waals surface area contributed by atoms with Gasteiger partial charge < -0.3 is 20.3 Å². The first-order valence-corrected chi connectivity index (χ1v) is 12.6. The number of benzene rings is 2. The molecule has 2 aliphatic heterocycles. The maximum atomic E-state index is 13.1. The first-order chi connectivity index (χ1) is 17.9. The van der Waals surface area contributed by atoms with E-state index in [9.17, 15) is 14.0 Å². The average molecular weight is 503 g/mol. The third kappa shape index (κ3) is 5.28. The Kier molecular flexibility index (Phi) is 7.08. The lowest BCUT2D eigenvalue weighted by Crippen LogP contribution is -2.50. The van der Waals surface area contributed by atoms with E-state index in [0.717, 1.165) is 42.6 Å². The number of halogens is 1. The molecule has 192 valence electrons. The SMILES string of the molecule is COc1cccc(C(=O)NC2C[C@H]3CC[C@@H](C2)N3c2ccc(C(=O)NCc3ccc(F)cc3)cn2)c1C. The Morgan fingerprint density at radius 1 is 1.03 bits per heavy atom. The van der Waals surface area contributed by atoms with Crippen LogP contribution in [0.4, 0.5) is 10.2 Å². The van der Waals surface area contributed by atoms with Gasteiger partial charge in [0.25, 0.3) is 11.8 Å². The fraction of sp³-hybridized carbons (Fsp3) is 0.345. The van der Waals surface area contributed by atoms with E-state index in [2.05, 4.69) is 20.5 Å². The molecule has 0 spiro atoms. The summed E-state index contributed by atoms with van der Waals surface area (Å²) in [7, 11) is 1.61. The molecule has 1 aromatic heterocycles. The minimum absolute atomic E-state index is 0.0663. The van der Waals surface area contributed by atoms with Gasteiger partial charge in [-0.15, -0.1) is 0 Å². The number of hydrogen-bond donors (Lipinski definition) is 2. The van der Waals surface area contributed by atoms with E-state index in [0.29, 0.717) is 35.5 Å². The number of ether oxygens (including phenoxy) is 1. The first-order valence-electron chi connectivity index (χ1n) is 12.6. The average Bonchev–Trinajstić information content (AvgIpc) is 3.18. The van der Waals surface area contributed by atoms with Gasteiger partial charge in [0, 0.05) is 42.0 Å². The Labute approximate surface area is 216 Å². The van der Waals surface area contributed by atoms with Crippen LogP contribution < -0.4 is 20.3 Å². The van der Waals surface area contributed by atoms with Gasteiger partial charge >= 0.3 is 0 Å². The van der Waals surface area contributed by atoms with Crippen molar-refractivity contribution in [2.75, 3.05) is 12.0 Å². The molecule has 2 saturated heterocycles. The number of piperidine rings is 1. The van der Waals surface area contributed by atoms with Gasteiger partial charge in [-0.05, 0) is 74.6 Å². The third-order valence-electron chi connectivity index (χ3n) is 7.46. The molecule has 2 fully saturated rings. The van der Waals surface area contributed by atoms with Crippen LogP contribution in [0, 0.1) is 12.7 Å². The lowest BCUT2D eigenvalue weighted by atomic mass is 9.96.